The number of allylic oxidation sites excluding steroid dienone is 1. The number of para-hydroxylation sites is 5. The molecule has 1 aliphatic heterocycles. The molecular formula is C57H42N4. The Balaban J connectivity index is 1.09. The summed E-state index contributed by atoms with van der Waals surface area (Å²) in [6, 6.07) is 67.5. The Morgan fingerprint density at radius 2 is 0.934 bits per heavy atom. The second-order valence-electron chi connectivity index (χ2n) is 17.3. The maximum absolute atomic E-state index is 2.52. The van der Waals surface area contributed by atoms with Crippen molar-refractivity contribution in [2.45, 2.75) is 32.1 Å². The Morgan fingerprint density at radius 3 is 1.66 bits per heavy atom. The number of hydrogen-bond donors (Lipinski definition) is 0. The molecule has 8 aromatic carbocycles. The van der Waals surface area contributed by atoms with Gasteiger partial charge in [0.25, 0.3) is 0 Å². The summed E-state index contributed by atoms with van der Waals surface area (Å²) in [5, 5.41) is 6.34. The highest BCUT2D eigenvalue weighted by Crippen LogP contribution is 2.54. The zero-order chi connectivity index (χ0) is 40.4. The number of aromatic nitrogens is 3. The zero-order valence-corrected chi connectivity index (χ0v) is 34.2. The highest BCUT2D eigenvalue weighted by molar-refractivity contribution is 6.13. The number of hydrogen-bond acceptors (Lipinski definition) is 1. The normalized spacial score (nSPS) is 14.3. The van der Waals surface area contributed by atoms with E-state index >= 15 is 0 Å². The van der Waals surface area contributed by atoms with Gasteiger partial charge in [0, 0.05) is 66.4 Å². The van der Waals surface area contributed by atoms with E-state index in [4.69, 9.17) is 0 Å². The van der Waals surface area contributed by atoms with Crippen LogP contribution in [0.25, 0.3) is 77.7 Å². The van der Waals surface area contributed by atoms with E-state index in [0.29, 0.717) is 0 Å². The molecule has 4 heterocycles. The Bertz CT molecular complexity index is 3560. The van der Waals surface area contributed by atoms with Crippen molar-refractivity contribution in [3.63, 3.8) is 0 Å². The van der Waals surface area contributed by atoms with Gasteiger partial charge < -0.3 is 18.6 Å². The average Bonchev–Trinajstić information content (AvgIpc) is 3.94. The van der Waals surface area contributed by atoms with E-state index in [2.05, 4.69) is 227 Å². The van der Waals surface area contributed by atoms with E-state index in [0.717, 1.165) is 24.2 Å². The molecule has 0 saturated carbocycles. The molecular weight excluding hydrogens is 741 g/mol. The van der Waals surface area contributed by atoms with Crippen LogP contribution >= 0.6 is 0 Å². The van der Waals surface area contributed by atoms with Crippen molar-refractivity contribution >= 4 is 77.7 Å². The summed E-state index contributed by atoms with van der Waals surface area (Å²) in [6.07, 6.45) is 6.73. The van der Waals surface area contributed by atoms with Gasteiger partial charge in [-0.1, -0.05) is 117 Å². The third-order valence-electron chi connectivity index (χ3n) is 13.6. The largest absolute Gasteiger partial charge is 0.313 e. The lowest BCUT2D eigenvalue weighted by molar-refractivity contribution is 0.632. The molecule has 3 aromatic heterocycles. The van der Waals surface area contributed by atoms with Crippen molar-refractivity contribution in [2.75, 3.05) is 4.90 Å². The number of anilines is 3. The lowest BCUT2D eigenvalue weighted by Gasteiger charge is -2.42. The molecule has 4 nitrogen and oxygen atoms in total. The van der Waals surface area contributed by atoms with E-state index in [1.807, 2.05) is 0 Å². The lowest BCUT2D eigenvalue weighted by atomic mass is 9.73. The van der Waals surface area contributed by atoms with Crippen molar-refractivity contribution in [2.24, 2.45) is 0 Å². The number of fused-ring (bicyclic) bond motifs is 11. The molecule has 11 aromatic rings. The molecule has 0 fully saturated rings. The first-order chi connectivity index (χ1) is 30.0. The van der Waals surface area contributed by atoms with Crippen LogP contribution in [0.3, 0.4) is 0 Å². The summed E-state index contributed by atoms with van der Waals surface area (Å²) < 4.78 is 7.44. The molecule has 1 aliphatic carbocycles. The monoisotopic (exact) mass is 782 g/mol. The predicted octanol–water partition coefficient (Wildman–Crippen LogP) is 14.9. The van der Waals surface area contributed by atoms with Gasteiger partial charge >= 0.3 is 0 Å². The molecule has 2 aliphatic rings. The van der Waals surface area contributed by atoms with Crippen molar-refractivity contribution < 1.29 is 0 Å². The molecule has 0 saturated heterocycles. The molecule has 13 rings (SSSR count). The second kappa shape index (κ2) is 12.7. The third kappa shape index (κ3) is 4.82. The zero-order valence-electron chi connectivity index (χ0n) is 34.2. The first-order valence-electron chi connectivity index (χ1n) is 21.5. The van der Waals surface area contributed by atoms with Gasteiger partial charge in [-0.2, -0.15) is 0 Å². The summed E-state index contributed by atoms with van der Waals surface area (Å²) in [7, 11) is 0. The highest BCUT2D eigenvalue weighted by Gasteiger charge is 2.38. The van der Waals surface area contributed by atoms with Crippen molar-refractivity contribution in [1.82, 2.24) is 13.7 Å². The van der Waals surface area contributed by atoms with E-state index in [-0.39, 0.29) is 5.41 Å². The second-order valence-corrected chi connectivity index (χ2v) is 17.3. The molecule has 0 atom stereocenters. The maximum Gasteiger partial charge on any atom is 0.0545 e. The Kier molecular flexibility index (Phi) is 7.16. The first kappa shape index (κ1) is 34.3. The molecule has 290 valence electrons. The van der Waals surface area contributed by atoms with Crippen molar-refractivity contribution in [3.05, 3.63) is 210 Å². The minimum Gasteiger partial charge on any atom is -0.313 e. The molecule has 0 radical (unpaired) electrons. The predicted molar refractivity (Wildman–Crippen MR) is 256 cm³/mol. The lowest BCUT2D eigenvalue weighted by Crippen LogP contribution is -2.31. The van der Waals surface area contributed by atoms with E-state index in [1.54, 1.807) is 0 Å². The van der Waals surface area contributed by atoms with Gasteiger partial charge in [0.15, 0.2) is 0 Å². The summed E-state index contributed by atoms with van der Waals surface area (Å²) >= 11 is 0. The van der Waals surface area contributed by atoms with E-state index < -0.39 is 0 Å². The summed E-state index contributed by atoms with van der Waals surface area (Å²) in [5.74, 6) is 0. The van der Waals surface area contributed by atoms with Crippen LogP contribution in [0.1, 0.15) is 42.7 Å². The minimum absolute atomic E-state index is 0.335. The fourth-order valence-corrected chi connectivity index (χ4v) is 10.9. The van der Waals surface area contributed by atoms with Gasteiger partial charge in [0.05, 0.1) is 39.0 Å². The Hall–Kier alpha value is -7.56. The number of benzene rings is 8. The molecule has 0 spiro atoms. The van der Waals surface area contributed by atoms with Crippen LogP contribution in [0.15, 0.2) is 188 Å². The fourth-order valence-electron chi connectivity index (χ4n) is 10.9. The van der Waals surface area contributed by atoms with Crippen LogP contribution in [-0.4, -0.2) is 13.7 Å². The smallest absolute Gasteiger partial charge is 0.0545 e. The quantitative estimate of drug-likeness (QED) is 0.174. The van der Waals surface area contributed by atoms with Gasteiger partial charge in [-0.3, -0.25) is 0 Å². The molecule has 0 amide bonds. The van der Waals surface area contributed by atoms with E-state index in [1.165, 1.54) is 99.6 Å². The van der Waals surface area contributed by atoms with Gasteiger partial charge in [-0.15, -0.1) is 0 Å². The van der Waals surface area contributed by atoms with Crippen LogP contribution in [0.5, 0.6) is 0 Å². The summed E-state index contributed by atoms with van der Waals surface area (Å²) in [4.78, 5) is 2.50. The van der Waals surface area contributed by atoms with Crippen LogP contribution in [-0.2, 0) is 11.8 Å². The van der Waals surface area contributed by atoms with Gasteiger partial charge in [-0.05, 0) is 115 Å². The number of nitrogens with zero attached hydrogens (tertiary/aromatic N) is 4. The van der Waals surface area contributed by atoms with Gasteiger partial charge in [-0.25, -0.2) is 0 Å². The molecule has 0 unspecified atom stereocenters. The maximum atomic E-state index is 2.52. The van der Waals surface area contributed by atoms with Crippen molar-refractivity contribution in [1.29, 1.82) is 0 Å². The van der Waals surface area contributed by atoms with Gasteiger partial charge in [0.1, 0.15) is 0 Å². The first-order valence-corrected chi connectivity index (χ1v) is 21.5. The highest BCUT2D eigenvalue weighted by atomic mass is 15.2. The molecule has 0 bridgehead atoms. The van der Waals surface area contributed by atoms with Crippen LogP contribution in [0, 0.1) is 0 Å². The van der Waals surface area contributed by atoms with Crippen LogP contribution in [0.2, 0.25) is 0 Å². The Morgan fingerprint density at radius 1 is 0.393 bits per heavy atom. The standard InChI is InChI=1S/C57H42N4/c1-57(2)47-34-40(61-51-27-15-11-23-43(51)44-24-12-16-28-52(44)61)30-32-54(47)59(38-19-7-4-8-20-38)56-35-46-45-33-39(60-49-25-13-9-21-41(49)42-22-10-14-26-50(42)60)29-31-53(45)58(55(46)36-48(56)57)37-17-5-3-6-18-37/h3-13,15-25,27-36H,14,26H2,1-2H3. The summed E-state index contributed by atoms with van der Waals surface area (Å²) in [5.41, 5.74) is 18.2. The molecule has 0 N–H and O–H groups in total. The topological polar surface area (TPSA) is 18.0 Å². The number of rotatable bonds is 4. The minimum atomic E-state index is -0.335. The van der Waals surface area contributed by atoms with E-state index in [9.17, 15) is 0 Å². The van der Waals surface area contributed by atoms with Gasteiger partial charge in [0.2, 0.25) is 0 Å². The summed E-state index contributed by atoms with van der Waals surface area (Å²) in [6.45, 7) is 4.83. The average molecular weight is 783 g/mol. The molecule has 61 heavy (non-hydrogen) atoms. The Labute approximate surface area is 354 Å². The fraction of sp³-hybridized carbons (Fsp3) is 0.0877. The third-order valence-corrected chi connectivity index (χ3v) is 13.6. The SMILES string of the molecule is CC1(C)c2cc(-n3c4ccccc4c4ccccc43)ccc2N(c2ccccc2)c2cc3c4cc(-n5c6c(c7ccccc75)C=CCC6)ccc4n(-c4ccccc4)c3cc21. The van der Waals surface area contributed by atoms with Crippen LogP contribution in [0.4, 0.5) is 17.1 Å². The van der Waals surface area contributed by atoms with Crippen molar-refractivity contribution in [3.8, 4) is 17.1 Å². The molecule has 4 heteroatoms. The van der Waals surface area contributed by atoms with Crippen LogP contribution < -0.4 is 4.90 Å².